The molecule has 0 bridgehead atoms. The van der Waals surface area contributed by atoms with Crippen LogP contribution in [0.15, 0.2) is 40.6 Å². The predicted octanol–water partition coefficient (Wildman–Crippen LogP) is 3.47. The number of halogens is 2. The number of allylic oxidation sites excluding steroid dienone is 1. The van der Waals surface area contributed by atoms with Crippen LogP contribution in [-0.4, -0.2) is 65.9 Å². The van der Waals surface area contributed by atoms with Gasteiger partial charge in [-0.15, -0.1) is 11.3 Å². The molecular weight excluding hydrogens is 645 g/mol. The summed E-state index contributed by atoms with van der Waals surface area (Å²) < 4.78 is 29.3. The van der Waals surface area contributed by atoms with E-state index in [-0.39, 0.29) is 75.3 Å². The fraction of sp³-hybridized carbons (Fsp3) is 0.444. The van der Waals surface area contributed by atoms with Gasteiger partial charge in [0.2, 0.25) is 5.95 Å². The summed E-state index contributed by atoms with van der Waals surface area (Å²) in [6.07, 6.45) is 9.40. The molecule has 15 heteroatoms. The van der Waals surface area contributed by atoms with Crippen molar-refractivity contribution in [1.82, 2.24) is 25.1 Å². The Morgan fingerprint density at radius 3 is 2.48 bits per heavy atom. The molecule has 1 aliphatic rings. The van der Waals surface area contributed by atoms with Gasteiger partial charge in [0.25, 0.3) is 5.91 Å². The number of thiazole rings is 1. The van der Waals surface area contributed by atoms with Gasteiger partial charge < -0.3 is 26.4 Å². The number of aromatic nitrogens is 4. The largest absolute Gasteiger partial charge is 0.397 e. The summed E-state index contributed by atoms with van der Waals surface area (Å²) in [6.45, 7) is 5.09. The van der Waals surface area contributed by atoms with Crippen molar-refractivity contribution in [3.8, 4) is 10.6 Å². The Bertz CT molecular complexity index is 1310. The number of nitrogens with two attached hydrogens (primary N) is 1. The van der Waals surface area contributed by atoms with Gasteiger partial charge in [0.05, 0.1) is 23.6 Å². The second-order valence-corrected chi connectivity index (χ2v) is 10.0. The Kier molecular flexibility index (Phi) is 17.6. The molecule has 1 aliphatic carbocycles. The van der Waals surface area contributed by atoms with Crippen molar-refractivity contribution >= 4 is 29.2 Å². The number of aliphatic hydroxyl groups excluding tert-OH is 3. The fourth-order valence-electron chi connectivity index (χ4n) is 3.56. The van der Waals surface area contributed by atoms with Gasteiger partial charge in [-0.2, -0.15) is 9.49 Å². The maximum absolute atomic E-state index is 14.3. The quantitative estimate of drug-likeness (QED) is 0.186. The average Bonchev–Trinajstić information content (AvgIpc) is 3.63. The molecule has 42 heavy (non-hydrogen) atoms. The predicted molar refractivity (Wildman–Crippen MR) is 154 cm³/mol. The number of nitrogens with zero attached hydrogens (tertiary/aromatic N) is 5. The van der Waals surface area contributed by atoms with Crippen LogP contribution in [0.5, 0.6) is 0 Å². The number of pyridine rings is 1. The fourth-order valence-corrected chi connectivity index (χ4v) is 4.34. The molecule has 4 rings (SSSR count). The van der Waals surface area contributed by atoms with Crippen molar-refractivity contribution in [3.63, 3.8) is 0 Å². The first-order chi connectivity index (χ1) is 19.6. The molecule has 0 aliphatic heterocycles. The van der Waals surface area contributed by atoms with Gasteiger partial charge in [0, 0.05) is 68.8 Å². The number of carbonyl (C=O) groups is 1. The number of carbonyl (C=O) groups excluding carboxylic acids is 1. The maximum Gasteiger partial charge on any atom is 0.275 e. The smallest absolute Gasteiger partial charge is 0.275 e. The molecule has 0 aromatic carbocycles. The van der Waals surface area contributed by atoms with E-state index in [0.717, 1.165) is 44.2 Å². The first-order valence-corrected chi connectivity index (χ1v) is 14.0. The van der Waals surface area contributed by atoms with E-state index in [0.29, 0.717) is 10.6 Å². The van der Waals surface area contributed by atoms with Crippen LogP contribution in [0.4, 0.5) is 8.78 Å². The third kappa shape index (κ3) is 12.4. The summed E-state index contributed by atoms with van der Waals surface area (Å²) in [7, 11) is 0. The van der Waals surface area contributed by atoms with Crippen molar-refractivity contribution in [2.24, 2.45) is 10.7 Å². The molecule has 11 nitrogen and oxygen atoms in total. The first-order valence-electron chi connectivity index (χ1n) is 13.1. The second-order valence-electron chi connectivity index (χ2n) is 9.17. The van der Waals surface area contributed by atoms with Crippen LogP contribution in [0, 0.1) is 11.8 Å². The minimum Gasteiger partial charge on any atom is -0.397 e. The van der Waals surface area contributed by atoms with Crippen molar-refractivity contribution in [3.05, 3.63) is 58.8 Å². The summed E-state index contributed by atoms with van der Waals surface area (Å²) >= 11 is 1.22. The van der Waals surface area contributed by atoms with E-state index in [4.69, 9.17) is 21.1 Å². The van der Waals surface area contributed by atoms with E-state index in [2.05, 4.69) is 25.4 Å². The summed E-state index contributed by atoms with van der Waals surface area (Å²) in [5.74, 6) is -2.32. The van der Waals surface area contributed by atoms with Crippen LogP contribution in [0.2, 0.25) is 0 Å². The molecule has 1 radical (unpaired) electrons. The Morgan fingerprint density at radius 1 is 1.24 bits per heavy atom. The van der Waals surface area contributed by atoms with Crippen LogP contribution in [0.3, 0.4) is 0 Å². The Balaban J connectivity index is 0.000000999. The molecule has 3 aromatic heterocycles. The number of aliphatic imine (C=N–C) groups is 1. The number of aliphatic hydroxyl groups is 3. The first kappa shape index (κ1) is 37.5. The molecular formula is C27H37F2N7O4SY. The van der Waals surface area contributed by atoms with Crippen LogP contribution >= 0.6 is 11.3 Å². The Morgan fingerprint density at radius 2 is 1.88 bits per heavy atom. The number of nitrogens with one attached hydrogen (secondary N) is 1. The molecule has 1 fully saturated rings. The molecule has 0 spiro atoms. The molecule has 1 saturated carbocycles. The van der Waals surface area contributed by atoms with Crippen molar-refractivity contribution < 1.29 is 61.6 Å². The third-order valence-electron chi connectivity index (χ3n) is 5.36. The van der Waals surface area contributed by atoms with E-state index >= 15 is 0 Å². The van der Waals surface area contributed by atoms with Gasteiger partial charge in [-0.05, 0) is 45.7 Å². The summed E-state index contributed by atoms with van der Waals surface area (Å²) in [4.78, 5) is 25.3. The Hall–Kier alpha value is -2.49. The second kappa shape index (κ2) is 19.7. The molecule has 227 valence electrons. The molecule has 0 unspecified atom stereocenters. The van der Waals surface area contributed by atoms with Crippen LogP contribution in [0.1, 0.15) is 69.1 Å². The van der Waals surface area contributed by atoms with Gasteiger partial charge in [-0.1, -0.05) is 19.3 Å². The minimum atomic E-state index is -0.901. The van der Waals surface area contributed by atoms with E-state index in [1.807, 2.05) is 0 Å². The van der Waals surface area contributed by atoms with Crippen LogP contribution < -0.4 is 11.1 Å². The van der Waals surface area contributed by atoms with E-state index in [1.54, 1.807) is 32.3 Å². The SMILES string of the molecule is CC(C)O.CCO.N/C(=C(\C=NC1CCCCC1)NC(=O)c1csc(-c2cnn(CO)c2)n1)c1nc(F)ccc1F.[Y]. The number of amides is 1. The standard InChI is InChI=1S/C22H23F2N7O2S.C3H8O.C2H6O.Y/c23-15-6-7-18(24)30-20(15)19(25)16(9-26-14-4-2-1-3-5-14)28-21(33)17-11-34-22(29-17)13-8-27-31(10-13)12-32;1-3(2)4;1-2-3;/h6-11,14,32H,1-5,12,25H2,(H,28,33);3-4H,1-2H3;3H,2H2,1H3;/b19-16+,26-9?;;;. The Labute approximate surface area is 272 Å². The number of hydrogen-bond acceptors (Lipinski definition) is 10. The van der Waals surface area contributed by atoms with Gasteiger partial charge in [-0.3, -0.25) is 9.79 Å². The van der Waals surface area contributed by atoms with Gasteiger partial charge in [0.15, 0.2) is 5.82 Å². The van der Waals surface area contributed by atoms with Crippen molar-refractivity contribution in [2.75, 3.05) is 6.61 Å². The third-order valence-corrected chi connectivity index (χ3v) is 6.25. The number of hydrogen-bond donors (Lipinski definition) is 5. The molecule has 6 N–H and O–H groups in total. The normalized spacial score (nSPS) is 13.8. The van der Waals surface area contributed by atoms with Crippen molar-refractivity contribution in [2.45, 2.75) is 71.8 Å². The molecule has 3 heterocycles. The molecule has 1 amide bonds. The summed E-state index contributed by atoms with van der Waals surface area (Å²) in [5, 5.41) is 33.4. The average molecular weight is 683 g/mol. The maximum atomic E-state index is 14.3. The zero-order valence-electron chi connectivity index (χ0n) is 23.9. The van der Waals surface area contributed by atoms with Gasteiger partial charge >= 0.3 is 0 Å². The van der Waals surface area contributed by atoms with Gasteiger partial charge in [-0.25, -0.2) is 19.0 Å². The monoisotopic (exact) mass is 682 g/mol. The van der Waals surface area contributed by atoms with Gasteiger partial charge in [0.1, 0.15) is 23.1 Å². The molecule has 0 atom stereocenters. The number of rotatable bonds is 7. The van der Waals surface area contributed by atoms with Crippen molar-refractivity contribution in [1.29, 1.82) is 0 Å². The summed E-state index contributed by atoms with van der Waals surface area (Å²) in [5.41, 5.74) is 6.20. The molecule has 0 saturated heterocycles. The van der Waals surface area contributed by atoms with E-state index in [9.17, 15) is 13.6 Å². The summed E-state index contributed by atoms with van der Waals surface area (Å²) in [6, 6.07) is 1.87. The van der Waals surface area contributed by atoms with E-state index in [1.165, 1.54) is 28.4 Å². The zero-order chi connectivity index (χ0) is 30.4. The zero-order valence-corrected chi connectivity index (χ0v) is 27.5. The topological polar surface area (TPSA) is 172 Å². The van der Waals surface area contributed by atoms with Crippen LogP contribution in [0.25, 0.3) is 16.3 Å². The molecule has 3 aromatic rings. The van der Waals surface area contributed by atoms with Crippen LogP contribution in [-0.2, 0) is 39.4 Å². The minimum absolute atomic E-state index is 0. The van der Waals surface area contributed by atoms with E-state index < -0.39 is 23.4 Å².